The van der Waals surface area contributed by atoms with Crippen LogP contribution in [0.1, 0.15) is 38.2 Å². The minimum absolute atomic E-state index is 0.00231. The van der Waals surface area contributed by atoms with E-state index in [1.165, 1.54) is 30.1 Å². The van der Waals surface area contributed by atoms with Crippen molar-refractivity contribution in [3.8, 4) is 0 Å². The summed E-state index contributed by atoms with van der Waals surface area (Å²) in [6.45, 7) is 2.22. The van der Waals surface area contributed by atoms with Crippen molar-refractivity contribution < 1.29 is 27.9 Å². The summed E-state index contributed by atoms with van der Waals surface area (Å²) >= 11 is 7.09. The highest BCUT2D eigenvalue weighted by Gasteiger charge is 2.33. The summed E-state index contributed by atoms with van der Waals surface area (Å²) in [4.78, 5) is 17.7. The number of carbonyl (C=O) groups is 1. The number of carbonyl (C=O) groups excluding carboxylic acids is 1. The molecule has 1 aromatic rings. The van der Waals surface area contributed by atoms with Gasteiger partial charge < -0.3 is 9.94 Å². The van der Waals surface area contributed by atoms with E-state index in [2.05, 4.69) is 5.16 Å². The molecule has 154 valence electrons. The van der Waals surface area contributed by atoms with Crippen molar-refractivity contribution in [2.24, 2.45) is 11.1 Å². The Bertz CT molecular complexity index is 765. The third kappa shape index (κ3) is 6.44. The molecule has 0 saturated heterocycles. The van der Waals surface area contributed by atoms with Crippen molar-refractivity contribution in [2.75, 3.05) is 12.4 Å². The molecule has 0 amide bonds. The molecule has 0 radical (unpaired) electrons. The molecule has 1 N–H and O–H groups in total. The molecule has 0 heterocycles. The summed E-state index contributed by atoms with van der Waals surface area (Å²) in [7, 11) is 0. The Morgan fingerprint density at radius 2 is 2.14 bits per heavy atom. The summed E-state index contributed by atoms with van der Waals surface area (Å²) in [5.74, 6) is 0.567. The summed E-state index contributed by atoms with van der Waals surface area (Å²) in [5.41, 5.74) is -0.492. The van der Waals surface area contributed by atoms with E-state index >= 15 is 0 Å². The molecule has 1 unspecified atom stereocenters. The molecule has 28 heavy (non-hydrogen) atoms. The summed E-state index contributed by atoms with van der Waals surface area (Å²) in [5, 5.41) is 13.5. The van der Waals surface area contributed by atoms with Crippen LogP contribution in [0.4, 0.5) is 13.2 Å². The number of nitrogens with zero attached hydrogens (tertiary/aromatic N) is 1. The molecule has 0 spiro atoms. The first-order valence-electron chi connectivity index (χ1n) is 8.79. The minimum atomic E-state index is -4.47. The average Bonchev–Trinajstić information content (AvgIpc) is 2.59. The van der Waals surface area contributed by atoms with Crippen LogP contribution >= 0.6 is 23.4 Å². The van der Waals surface area contributed by atoms with Gasteiger partial charge in [-0.05, 0) is 43.2 Å². The van der Waals surface area contributed by atoms with E-state index in [9.17, 15) is 23.1 Å². The van der Waals surface area contributed by atoms with Gasteiger partial charge >= 0.3 is 6.18 Å². The molecule has 1 aromatic carbocycles. The lowest BCUT2D eigenvalue weighted by Gasteiger charge is -2.22. The van der Waals surface area contributed by atoms with Crippen molar-refractivity contribution in [1.29, 1.82) is 0 Å². The van der Waals surface area contributed by atoms with E-state index in [0.717, 1.165) is 6.07 Å². The lowest BCUT2D eigenvalue weighted by molar-refractivity contribution is -0.137. The zero-order chi connectivity index (χ0) is 20.7. The van der Waals surface area contributed by atoms with Gasteiger partial charge in [0.2, 0.25) is 0 Å². The molecule has 1 aliphatic carbocycles. The monoisotopic (exact) mass is 435 g/mol. The molecule has 4 nitrogen and oxygen atoms in total. The smallest absolute Gasteiger partial charge is 0.417 e. The Labute approximate surface area is 170 Å². The lowest BCUT2D eigenvalue weighted by atomic mass is 9.84. The zero-order valence-electron chi connectivity index (χ0n) is 15.3. The van der Waals surface area contributed by atoms with Gasteiger partial charge in [0.1, 0.15) is 6.61 Å². The van der Waals surface area contributed by atoms with Crippen LogP contribution in [0.25, 0.3) is 0 Å². The second-order valence-corrected chi connectivity index (χ2v) is 7.88. The Morgan fingerprint density at radius 1 is 1.39 bits per heavy atom. The van der Waals surface area contributed by atoms with E-state index in [1.807, 2.05) is 0 Å². The molecule has 9 heteroatoms. The molecule has 1 aliphatic rings. The van der Waals surface area contributed by atoms with Crippen LogP contribution in [0.5, 0.6) is 0 Å². The highest BCUT2D eigenvalue weighted by molar-refractivity contribution is 7.99. The molecule has 0 aromatic heterocycles. The Balaban J connectivity index is 1.87. The summed E-state index contributed by atoms with van der Waals surface area (Å²) in [6, 6.07) is 3.66. The van der Waals surface area contributed by atoms with Crippen LogP contribution in [-0.2, 0) is 15.8 Å². The van der Waals surface area contributed by atoms with E-state index in [1.54, 1.807) is 6.92 Å². The van der Waals surface area contributed by atoms with Gasteiger partial charge in [-0.1, -0.05) is 16.8 Å². The van der Waals surface area contributed by atoms with E-state index in [4.69, 9.17) is 16.4 Å². The van der Waals surface area contributed by atoms with Gasteiger partial charge in [0.15, 0.2) is 5.78 Å². The van der Waals surface area contributed by atoms with Gasteiger partial charge in [-0.15, -0.1) is 11.8 Å². The molecule has 0 bridgehead atoms. The molecule has 0 saturated carbocycles. The summed E-state index contributed by atoms with van der Waals surface area (Å²) in [6.07, 6.45) is -1.40. The van der Waals surface area contributed by atoms with E-state index < -0.39 is 11.7 Å². The fourth-order valence-corrected chi connectivity index (χ4v) is 4.27. The van der Waals surface area contributed by atoms with Gasteiger partial charge in [0.05, 0.1) is 16.3 Å². The maximum absolute atomic E-state index is 12.7. The van der Waals surface area contributed by atoms with E-state index in [0.29, 0.717) is 42.1 Å². The second kappa shape index (κ2) is 10.2. The fourth-order valence-electron chi connectivity index (χ4n) is 2.87. The quantitative estimate of drug-likeness (QED) is 0.307. The van der Waals surface area contributed by atoms with Crippen LogP contribution in [0.15, 0.2) is 39.6 Å². The number of ketones is 1. The van der Waals surface area contributed by atoms with Crippen molar-refractivity contribution in [1.82, 2.24) is 0 Å². The Hall–Kier alpha value is -1.67. The highest BCUT2D eigenvalue weighted by atomic mass is 35.5. The lowest BCUT2D eigenvalue weighted by Crippen LogP contribution is -2.20. The highest BCUT2D eigenvalue weighted by Crippen LogP contribution is 2.37. The normalized spacial score (nSPS) is 18.2. The zero-order valence-corrected chi connectivity index (χ0v) is 16.8. The van der Waals surface area contributed by atoms with Gasteiger partial charge in [0, 0.05) is 35.9 Å². The summed E-state index contributed by atoms with van der Waals surface area (Å²) < 4.78 is 38.2. The molecular formula is C19H21ClF3NO3S. The van der Waals surface area contributed by atoms with Crippen molar-refractivity contribution in [2.45, 2.75) is 43.7 Å². The van der Waals surface area contributed by atoms with E-state index in [-0.39, 0.29) is 28.9 Å². The van der Waals surface area contributed by atoms with Crippen molar-refractivity contribution in [3.05, 3.63) is 40.1 Å². The van der Waals surface area contributed by atoms with Crippen LogP contribution in [-0.4, -0.2) is 29.5 Å². The van der Waals surface area contributed by atoms with Gasteiger partial charge in [-0.2, -0.15) is 13.2 Å². The largest absolute Gasteiger partial charge is 0.512 e. The predicted molar refractivity (Wildman–Crippen MR) is 104 cm³/mol. The number of benzene rings is 1. The van der Waals surface area contributed by atoms with Crippen molar-refractivity contribution in [3.63, 3.8) is 0 Å². The molecular weight excluding hydrogens is 415 g/mol. The predicted octanol–water partition coefficient (Wildman–Crippen LogP) is 6.04. The number of allylic oxidation sites excluding steroid dienone is 2. The standard InChI is InChI=1S/C19H21ClF3NO3S/c1-2-27-24-7-5-14-17(25)9-12(10-18(14)26)6-8-28-13-3-4-15(16(20)11-13)19(21,22)23/h3-4,7,11-12,25H,2,5-6,8-10H2,1H3. The number of hydrogen-bond donors (Lipinski definition) is 1. The average molecular weight is 436 g/mol. The first-order valence-corrected chi connectivity index (χ1v) is 10.2. The first kappa shape index (κ1) is 22.6. The topological polar surface area (TPSA) is 58.9 Å². The van der Waals surface area contributed by atoms with Crippen LogP contribution in [0, 0.1) is 5.92 Å². The number of aliphatic hydroxyl groups is 1. The van der Waals surface area contributed by atoms with Crippen LogP contribution < -0.4 is 0 Å². The SMILES string of the molecule is CCON=CCC1=C(O)CC(CCSc2ccc(C(F)(F)F)c(Cl)c2)CC1=O. The van der Waals surface area contributed by atoms with Gasteiger partial charge in [-0.25, -0.2) is 0 Å². The molecule has 1 atom stereocenters. The second-order valence-electron chi connectivity index (χ2n) is 6.31. The molecule has 0 aliphatic heterocycles. The number of aliphatic hydroxyl groups excluding tert-OH is 1. The van der Waals surface area contributed by atoms with Crippen LogP contribution in [0.3, 0.4) is 0 Å². The Kier molecular flexibility index (Phi) is 8.24. The maximum atomic E-state index is 12.7. The molecule has 0 fully saturated rings. The number of hydrogen-bond acceptors (Lipinski definition) is 5. The minimum Gasteiger partial charge on any atom is -0.512 e. The van der Waals surface area contributed by atoms with Crippen LogP contribution in [0.2, 0.25) is 5.02 Å². The maximum Gasteiger partial charge on any atom is 0.417 e. The fraction of sp³-hybridized carbons (Fsp3) is 0.474. The third-order valence-corrected chi connectivity index (χ3v) is 5.60. The van der Waals surface area contributed by atoms with Crippen molar-refractivity contribution >= 4 is 35.4 Å². The Morgan fingerprint density at radius 3 is 2.75 bits per heavy atom. The number of thioether (sulfide) groups is 1. The first-order chi connectivity index (χ1) is 13.2. The number of Topliss-reactive ketones (excluding diaryl/α,β-unsaturated/α-hetero) is 1. The number of oxime groups is 1. The van der Waals surface area contributed by atoms with Gasteiger partial charge in [0.25, 0.3) is 0 Å². The number of halogens is 4. The number of alkyl halides is 3. The molecule has 2 rings (SSSR count). The third-order valence-electron chi connectivity index (χ3n) is 4.26. The number of rotatable bonds is 8. The van der Waals surface area contributed by atoms with Gasteiger partial charge in [-0.3, -0.25) is 4.79 Å².